The summed E-state index contributed by atoms with van der Waals surface area (Å²) in [5.74, 6) is 0.472. The van der Waals surface area contributed by atoms with E-state index in [1.165, 1.54) is 6.92 Å². The van der Waals surface area contributed by atoms with Gasteiger partial charge in [-0.1, -0.05) is 26.7 Å². The number of aliphatic hydroxyl groups is 1. The third-order valence-electron chi connectivity index (χ3n) is 5.58. The fraction of sp³-hybridized carbons (Fsp3) is 1.00. The van der Waals surface area contributed by atoms with Crippen LogP contribution in [-0.2, 0) is 0 Å². The molecule has 0 aromatic carbocycles. The Kier molecular flexibility index (Phi) is 4.20. The molecule has 1 N–H and O–H groups in total. The van der Waals surface area contributed by atoms with Gasteiger partial charge in [-0.2, -0.15) is 13.2 Å². The highest BCUT2D eigenvalue weighted by Crippen LogP contribution is 2.50. The maximum absolute atomic E-state index is 13.1. The summed E-state index contributed by atoms with van der Waals surface area (Å²) in [5.41, 5.74) is -2.46. The van der Waals surface area contributed by atoms with Crippen molar-refractivity contribution < 1.29 is 18.3 Å². The van der Waals surface area contributed by atoms with Gasteiger partial charge in [0.2, 0.25) is 0 Å². The van der Waals surface area contributed by atoms with E-state index in [1.807, 2.05) is 0 Å². The Morgan fingerprint density at radius 2 is 1.42 bits per heavy atom. The quantitative estimate of drug-likeness (QED) is 0.746. The number of hydrogen-bond donors (Lipinski definition) is 1. The highest BCUT2D eigenvalue weighted by Gasteiger charge is 2.59. The van der Waals surface area contributed by atoms with Crippen molar-refractivity contribution in [2.45, 2.75) is 70.6 Å². The molecule has 3 atom stereocenters. The molecule has 0 saturated heterocycles. The van der Waals surface area contributed by atoms with E-state index in [1.54, 1.807) is 0 Å². The molecule has 3 unspecified atom stereocenters. The summed E-state index contributed by atoms with van der Waals surface area (Å²) in [7, 11) is 0. The van der Waals surface area contributed by atoms with Crippen LogP contribution in [-0.4, -0.2) is 16.9 Å². The molecule has 4 heteroatoms. The van der Waals surface area contributed by atoms with Crippen molar-refractivity contribution in [1.29, 1.82) is 0 Å². The number of alkyl halides is 3. The molecule has 2 aliphatic carbocycles. The van der Waals surface area contributed by atoms with Crippen molar-refractivity contribution in [2.24, 2.45) is 23.7 Å². The highest BCUT2D eigenvalue weighted by atomic mass is 19.4. The molecule has 0 aromatic rings. The molecule has 0 amide bonds. The number of hydrogen-bond acceptors (Lipinski definition) is 1. The summed E-state index contributed by atoms with van der Waals surface area (Å²) >= 11 is 0. The van der Waals surface area contributed by atoms with Gasteiger partial charge < -0.3 is 5.11 Å². The van der Waals surface area contributed by atoms with Gasteiger partial charge in [-0.15, -0.1) is 0 Å². The Morgan fingerprint density at radius 1 is 0.895 bits per heavy atom. The Hall–Kier alpha value is -0.250. The average Bonchev–Trinajstić information content (AvgIpc) is 2.32. The normalized spacial score (nSPS) is 45.2. The number of rotatable bonds is 1. The minimum Gasteiger partial charge on any atom is -0.380 e. The van der Waals surface area contributed by atoms with Crippen molar-refractivity contribution in [3.8, 4) is 0 Å². The van der Waals surface area contributed by atoms with Gasteiger partial charge >= 0.3 is 6.18 Å². The lowest BCUT2D eigenvalue weighted by atomic mass is 9.64. The second-order valence-corrected chi connectivity index (χ2v) is 6.88. The Bertz CT molecular complexity index is 307. The molecule has 0 aromatic heterocycles. The lowest BCUT2D eigenvalue weighted by molar-refractivity contribution is -0.293. The fourth-order valence-electron chi connectivity index (χ4n) is 3.96. The molecule has 2 rings (SSSR count). The first-order valence-corrected chi connectivity index (χ1v) is 7.53. The second-order valence-electron chi connectivity index (χ2n) is 6.88. The van der Waals surface area contributed by atoms with Gasteiger partial charge in [-0.05, 0) is 55.8 Å². The predicted molar refractivity (Wildman–Crippen MR) is 68.6 cm³/mol. The molecular formula is C15H25F3O. The summed E-state index contributed by atoms with van der Waals surface area (Å²) in [6.45, 7) is 3.75. The summed E-state index contributed by atoms with van der Waals surface area (Å²) in [6.07, 6.45) is 1.08. The molecule has 19 heavy (non-hydrogen) atoms. The molecule has 2 aliphatic rings. The molecule has 2 fully saturated rings. The molecule has 0 bridgehead atoms. The van der Waals surface area contributed by atoms with Gasteiger partial charge in [0.15, 0.2) is 5.60 Å². The van der Waals surface area contributed by atoms with Crippen LogP contribution >= 0.6 is 0 Å². The van der Waals surface area contributed by atoms with Crippen molar-refractivity contribution in [1.82, 2.24) is 0 Å². The Labute approximate surface area is 113 Å². The molecule has 2 saturated carbocycles. The Morgan fingerprint density at radius 3 is 1.95 bits per heavy atom. The minimum atomic E-state index is -4.49. The molecule has 1 nitrogen and oxygen atoms in total. The van der Waals surface area contributed by atoms with E-state index in [0.717, 1.165) is 32.1 Å². The largest absolute Gasteiger partial charge is 0.417 e. The van der Waals surface area contributed by atoms with Gasteiger partial charge in [-0.3, -0.25) is 0 Å². The second kappa shape index (κ2) is 5.27. The smallest absolute Gasteiger partial charge is 0.380 e. The predicted octanol–water partition coefficient (Wildman–Crippen LogP) is 4.54. The maximum atomic E-state index is 13.1. The molecule has 0 spiro atoms. The molecular weight excluding hydrogens is 253 g/mol. The minimum absolute atomic E-state index is 0.0512. The monoisotopic (exact) mass is 278 g/mol. The number of halogens is 3. The van der Waals surface area contributed by atoms with E-state index in [2.05, 4.69) is 6.92 Å². The first-order valence-electron chi connectivity index (χ1n) is 7.53. The summed E-state index contributed by atoms with van der Waals surface area (Å²) < 4.78 is 39.4. The third kappa shape index (κ3) is 2.93. The van der Waals surface area contributed by atoms with Crippen LogP contribution in [0.5, 0.6) is 0 Å². The van der Waals surface area contributed by atoms with Crippen molar-refractivity contribution >= 4 is 0 Å². The van der Waals surface area contributed by atoms with E-state index in [4.69, 9.17) is 0 Å². The van der Waals surface area contributed by atoms with Crippen LogP contribution in [0, 0.1) is 23.7 Å². The maximum Gasteiger partial charge on any atom is 0.417 e. The van der Waals surface area contributed by atoms with Crippen molar-refractivity contribution in [3.63, 3.8) is 0 Å². The molecule has 0 aliphatic heterocycles. The van der Waals surface area contributed by atoms with Crippen molar-refractivity contribution in [2.75, 3.05) is 0 Å². The Balaban J connectivity index is 2.05. The lowest BCUT2D eigenvalue weighted by Gasteiger charge is -2.46. The van der Waals surface area contributed by atoms with E-state index < -0.39 is 17.7 Å². The van der Waals surface area contributed by atoms with Crippen LogP contribution < -0.4 is 0 Å². The summed E-state index contributed by atoms with van der Waals surface area (Å²) in [5, 5.41) is 10.1. The van der Waals surface area contributed by atoms with Crippen LogP contribution in [0.15, 0.2) is 0 Å². The standard InChI is InChI=1S/C15H25F3O/c1-10-3-6-12(7-4-10)13-8-5-11(2)14(19,9-13)15(16,17)18/h10-13,19H,3-9H2,1-2H3. The zero-order valence-electron chi connectivity index (χ0n) is 11.8. The van der Waals surface area contributed by atoms with Gasteiger partial charge in [0.05, 0.1) is 0 Å². The van der Waals surface area contributed by atoms with Gasteiger partial charge in [0.1, 0.15) is 0 Å². The summed E-state index contributed by atoms with van der Waals surface area (Å²) in [6, 6.07) is 0. The summed E-state index contributed by atoms with van der Waals surface area (Å²) in [4.78, 5) is 0. The van der Waals surface area contributed by atoms with E-state index in [-0.39, 0.29) is 12.3 Å². The van der Waals surface area contributed by atoms with Crippen LogP contribution in [0.2, 0.25) is 0 Å². The van der Waals surface area contributed by atoms with E-state index >= 15 is 0 Å². The highest BCUT2D eigenvalue weighted by molar-refractivity contribution is 4.98. The fourth-order valence-corrected chi connectivity index (χ4v) is 3.96. The SMILES string of the molecule is CC1CCC(C2CCC(C)C(O)(C(F)(F)F)C2)CC1. The van der Waals surface area contributed by atoms with Crippen LogP contribution in [0.25, 0.3) is 0 Å². The zero-order chi connectivity index (χ0) is 14.3. The van der Waals surface area contributed by atoms with Gasteiger partial charge in [0.25, 0.3) is 0 Å². The van der Waals surface area contributed by atoms with E-state index in [0.29, 0.717) is 18.3 Å². The van der Waals surface area contributed by atoms with Crippen LogP contribution in [0.4, 0.5) is 13.2 Å². The third-order valence-corrected chi connectivity index (χ3v) is 5.58. The molecule has 0 radical (unpaired) electrons. The van der Waals surface area contributed by atoms with E-state index in [9.17, 15) is 18.3 Å². The first-order chi connectivity index (χ1) is 8.74. The van der Waals surface area contributed by atoms with Gasteiger partial charge in [0, 0.05) is 0 Å². The zero-order valence-corrected chi connectivity index (χ0v) is 11.8. The first kappa shape index (κ1) is 15.1. The van der Waals surface area contributed by atoms with Gasteiger partial charge in [-0.25, -0.2) is 0 Å². The van der Waals surface area contributed by atoms with Crippen LogP contribution in [0.1, 0.15) is 58.8 Å². The van der Waals surface area contributed by atoms with Crippen molar-refractivity contribution in [3.05, 3.63) is 0 Å². The lowest BCUT2D eigenvalue weighted by Crippen LogP contribution is -2.54. The topological polar surface area (TPSA) is 20.2 Å². The molecule has 112 valence electrons. The van der Waals surface area contributed by atoms with Crippen LogP contribution in [0.3, 0.4) is 0 Å². The average molecular weight is 278 g/mol. The molecule has 0 heterocycles.